The van der Waals surface area contributed by atoms with Gasteiger partial charge in [-0.15, -0.1) is 11.8 Å². The van der Waals surface area contributed by atoms with Gasteiger partial charge in [-0.25, -0.2) is 0 Å². The highest BCUT2D eigenvalue weighted by Gasteiger charge is 2.49. The molecule has 1 aliphatic rings. The second-order valence-corrected chi connectivity index (χ2v) is 7.91. The molecule has 3 aromatic rings. The Labute approximate surface area is 167 Å². The number of hydrogen-bond acceptors (Lipinski definition) is 3. The van der Waals surface area contributed by atoms with Gasteiger partial charge in [-0.1, -0.05) is 41.9 Å². The minimum atomic E-state index is -0.170. The van der Waals surface area contributed by atoms with Crippen LogP contribution in [0, 0.1) is 0 Å². The van der Waals surface area contributed by atoms with Gasteiger partial charge >= 0.3 is 0 Å². The topological polar surface area (TPSA) is 29.5 Å². The summed E-state index contributed by atoms with van der Waals surface area (Å²) in [6.45, 7) is 0. The van der Waals surface area contributed by atoms with Crippen LogP contribution in [0.5, 0.6) is 5.75 Å². The molecule has 3 nitrogen and oxygen atoms in total. The Kier molecular flexibility index (Phi) is 5.10. The normalized spacial score (nSPS) is 18.9. The summed E-state index contributed by atoms with van der Waals surface area (Å²) < 4.78 is 5.27. The Bertz CT molecular complexity index is 929. The van der Waals surface area contributed by atoms with Crippen molar-refractivity contribution in [1.29, 1.82) is 0 Å². The molecule has 0 radical (unpaired) electrons. The fourth-order valence-electron chi connectivity index (χ4n) is 3.24. The van der Waals surface area contributed by atoms with Crippen LogP contribution in [0.3, 0.4) is 0 Å². The van der Waals surface area contributed by atoms with Gasteiger partial charge < -0.3 is 9.64 Å². The first-order chi connectivity index (χ1) is 13.2. The Morgan fingerprint density at radius 3 is 2.22 bits per heavy atom. The lowest BCUT2D eigenvalue weighted by Crippen LogP contribution is -2.57. The zero-order chi connectivity index (χ0) is 18.8. The molecular weight excluding hydrogens is 378 g/mol. The van der Waals surface area contributed by atoms with Crippen LogP contribution in [-0.2, 0) is 4.79 Å². The number of thioether (sulfide) groups is 1. The fourth-order valence-corrected chi connectivity index (χ4v) is 4.59. The van der Waals surface area contributed by atoms with Gasteiger partial charge in [0.25, 0.3) is 0 Å². The van der Waals surface area contributed by atoms with Crippen molar-refractivity contribution in [3.05, 3.63) is 89.4 Å². The molecule has 0 saturated carbocycles. The average molecular weight is 396 g/mol. The number of methoxy groups -OCH3 is 1. The van der Waals surface area contributed by atoms with Gasteiger partial charge in [0.15, 0.2) is 0 Å². The number of nitrogens with zero attached hydrogens (tertiary/aromatic N) is 1. The van der Waals surface area contributed by atoms with Crippen LogP contribution in [0.4, 0.5) is 5.69 Å². The maximum absolute atomic E-state index is 13.0. The standard InChI is InChI=1S/C22H18ClNO2S/c1-26-18-13-7-15(8-14-18)20-21(27-19-5-3-2-4-6-19)22(25)24(20)17-11-9-16(23)10-12-17/h2-14,20-21H,1H3/t20-,21+/m1/s1. The van der Waals surface area contributed by atoms with Gasteiger partial charge in [-0.3, -0.25) is 4.79 Å². The van der Waals surface area contributed by atoms with Crippen molar-refractivity contribution in [3.8, 4) is 5.75 Å². The van der Waals surface area contributed by atoms with E-state index in [2.05, 4.69) is 0 Å². The van der Waals surface area contributed by atoms with Gasteiger partial charge in [0.2, 0.25) is 5.91 Å². The molecule has 136 valence electrons. The molecule has 1 heterocycles. The van der Waals surface area contributed by atoms with E-state index in [0.717, 1.165) is 21.9 Å². The molecule has 1 fully saturated rings. The minimum Gasteiger partial charge on any atom is -0.497 e. The van der Waals surface area contributed by atoms with Crippen molar-refractivity contribution in [3.63, 3.8) is 0 Å². The van der Waals surface area contributed by atoms with Crippen LogP contribution in [0.2, 0.25) is 5.02 Å². The number of anilines is 1. The molecule has 0 unspecified atom stereocenters. The zero-order valence-corrected chi connectivity index (χ0v) is 16.3. The Morgan fingerprint density at radius 2 is 1.59 bits per heavy atom. The quantitative estimate of drug-likeness (QED) is 0.527. The Balaban J connectivity index is 1.68. The third kappa shape index (κ3) is 3.55. The first-order valence-corrected chi connectivity index (χ1v) is 9.87. The minimum absolute atomic E-state index is 0.0465. The predicted molar refractivity (Wildman–Crippen MR) is 111 cm³/mol. The number of benzene rings is 3. The molecule has 4 rings (SSSR count). The van der Waals surface area contributed by atoms with E-state index < -0.39 is 0 Å². The van der Waals surface area contributed by atoms with Gasteiger partial charge in [-0.05, 0) is 54.1 Å². The highest BCUT2D eigenvalue weighted by atomic mass is 35.5. The summed E-state index contributed by atoms with van der Waals surface area (Å²) in [6.07, 6.45) is 0. The number of halogens is 1. The number of carbonyl (C=O) groups excluding carboxylic acids is 1. The summed E-state index contributed by atoms with van der Waals surface area (Å²) in [6, 6.07) is 25.3. The number of β-lactam (4-membered cyclic amide) rings is 1. The molecule has 1 saturated heterocycles. The maximum Gasteiger partial charge on any atom is 0.243 e. The van der Waals surface area contributed by atoms with Crippen molar-refractivity contribution in [2.75, 3.05) is 12.0 Å². The van der Waals surface area contributed by atoms with Crippen molar-refractivity contribution >= 4 is 35.0 Å². The SMILES string of the molecule is COc1ccc([C@@H]2[C@H](Sc3ccccc3)C(=O)N2c2ccc(Cl)cc2)cc1. The number of carbonyl (C=O) groups is 1. The number of rotatable bonds is 5. The van der Waals surface area contributed by atoms with Crippen LogP contribution in [0.1, 0.15) is 11.6 Å². The second kappa shape index (κ2) is 7.67. The molecule has 0 aromatic heterocycles. The first-order valence-electron chi connectivity index (χ1n) is 8.61. The third-order valence-electron chi connectivity index (χ3n) is 4.61. The molecule has 5 heteroatoms. The number of amides is 1. The largest absolute Gasteiger partial charge is 0.497 e. The van der Waals surface area contributed by atoms with Crippen molar-refractivity contribution in [1.82, 2.24) is 0 Å². The van der Waals surface area contributed by atoms with Crippen LogP contribution in [0.25, 0.3) is 0 Å². The van der Waals surface area contributed by atoms with E-state index in [4.69, 9.17) is 16.3 Å². The van der Waals surface area contributed by atoms with Crippen LogP contribution < -0.4 is 9.64 Å². The first kappa shape index (κ1) is 18.0. The molecule has 0 aliphatic carbocycles. The lowest BCUT2D eigenvalue weighted by atomic mass is 9.92. The van der Waals surface area contributed by atoms with E-state index in [-0.39, 0.29) is 17.2 Å². The Hall–Kier alpha value is -2.43. The molecule has 1 aliphatic heterocycles. The second-order valence-electron chi connectivity index (χ2n) is 6.25. The smallest absolute Gasteiger partial charge is 0.243 e. The maximum atomic E-state index is 13.0. The molecule has 1 amide bonds. The van der Waals surface area contributed by atoms with E-state index in [9.17, 15) is 4.79 Å². The Morgan fingerprint density at radius 1 is 0.926 bits per heavy atom. The van der Waals surface area contributed by atoms with Crippen LogP contribution in [-0.4, -0.2) is 18.3 Å². The highest BCUT2D eigenvalue weighted by molar-refractivity contribution is 8.00. The van der Waals surface area contributed by atoms with E-state index in [1.165, 1.54) is 0 Å². The molecular formula is C22H18ClNO2S. The monoisotopic (exact) mass is 395 g/mol. The summed E-state index contributed by atoms with van der Waals surface area (Å²) >= 11 is 7.62. The summed E-state index contributed by atoms with van der Waals surface area (Å²) in [5.74, 6) is 0.904. The average Bonchev–Trinajstić information content (AvgIpc) is 2.72. The number of hydrogen-bond donors (Lipinski definition) is 0. The van der Waals surface area contributed by atoms with Gasteiger partial charge in [0.1, 0.15) is 11.0 Å². The summed E-state index contributed by atoms with van der Waals surface area (Å²) in [7, 11) is 1.65. The summed E-state index contributed by atoms with van der Waals surface area (Å²) in [5.41, 5.74) is 1.94. The highest BCUT2D eigenvalue weighted by Crippen LogP contribution is 2.47. The van der Waals surface area contributed by atoms with E-state index in [0.29, 0.717) is 5.02 Å². The fraction of sp³-hybridized carbons (Fsp3) is 0.136. The molecule has 0 bridgehead atoms. The molecule has 27 heavy (non-hydrogen) atoms. The molecule has 0 spiro atoms. The molecule has 3 aromatic carbocycles. The van der Waals surface area contributed by atoms with Gasteiger partial charge in [0, 0.05) is 15.6 Å². The zero-order valence-electron chi connectivity index (χ0n) is 14.7. The van der Waals surface area contributed by atoms with E-state index >= 15 is 0 Å². The lowest BCUT2D eigenvalue weighted by Gasteiger charge is -2.47. The molecule has 0 N–H and O–H groups in total. The predicted octanol–water partition coefficient (Wildman–Crippen LogP) is 5.60. The van der Waals surface area contributed by atoms with Crippen molar-refractivity contribution in [2.24, 2.45) is 0 Å². The molecule has 2 atom stereocenters. The lowest BCUT2D eigenvalue weighted by molar-refractivity contribution is -0.123. The van der Waals surface area contributed by atoms with Gasteiger partial charge in [-0.2, -0.15) is 0 Å². The van der Waals surface area contributed by atoms with E-state index in [1.54, 1.807) is 18.9 Å². The summed E-state index contributed by atoms with van der Waals surface area (Å²) in [5, 5.41) is 0.486. The number of ether oxygens (including phenoxy) is 1. The summed E-state index contributed by atoms with van der Waals surface area (Å²) in [4.78, 5) is 15.9. The third-order valence-corrected chi connectivity index (χ3v) is 6.12. The van der Waals surface area contributed by atoms with E-state index in [1.807, 2.05) is 83.8 Å². The van der Waals surface area contributed by atoms with Crippen LogP contribution >= 0.6 is 23.4 Å². The van der Waals surface area contributed by atoms with Crippen LogP contribution in [0.15, 0.2) is 83.8 Å². The van der Waals surface area contributed by atoms with Crippen molar-refractivity contribution < 1.29 is 9.53 Å². The van der Waals surface area contributed by atoms with Gasteiger partial charge in [0.05, 0.1) is 13.2 Å². The van der Waals surface area contributed by atoms with Crippen molar-refractivity contribution in [2.45, 2.75) is 16.2 Å².